The summed E-state index contributed by atoms with van der Waals surface area (Å²) in [6.07, 6.45) is 2.46. The number of carbonyl (C=O) groups excluding carboxylic acids is 3. The Kier molecular flexibility index (Phi) is 4.81. The summed E-state index contributed by atoms with van der Waals surface area (Å²) in [6, 6.07) is 6.70. The summed E-state index contributed by atoms with van der Waals surface area (Å²) in [7, 11) is 0. The highest BCUT2D eigenvalue weighted by atomic mass is 16.5. The lowest BCUT2D eigenvalue weighted by Gasteiger charge is -2.27. The highest BCUT2D eigenvalue weighted by molar-refractivity contribution is 6.05. The fraction of sp³-hybridized carbons (Fsp3) is 0.421. The Bertz CT molecular complexity index is 871. The van der Waals surface area contributed by atoms with Crippen molar-refractivity contribution in [1.29, 1.82) is 0 Å². The second kappa shape index (κ2) is 7.40. The zero-order chi connectivity index (χ0) is 18.8. The molecule has 1 aromatic heterocycles. The van der Waals surface area contributed by atoms with Crippen molar-refractivity contribution in [3.8, 4) is 0 Å². The van der Waals surface area contributed by atoms with E-state index in [0.29, 0.717) is 32.7 Å². The number of amides is 4. The first-order valence-corrected chi connectivity index (χ1v) is 9.16. The van der Waals surface area contributed by atoms with Crippen LogP contribution in [0.5, 0.6) is 0 Å². The van der Waals surface area contributed by atoms with Gasteiger partial charge in [0.25, 0.3) is 5.91 Å². The van der Waals surface area contributed by atoms with E-state index in [1.165, 1.54) is 4.90 Å². The molecule has 3 heterocycles. The molecule has 0 bridgehead atoms. The summed E-state index contributed by atoms with van der Waals surface area (Å²) in [5.74, 6) is -0.461. The van der Waals surface area contributed by atoms with E-state index in [-0.39, 0.29) is 24.8 Å². The topological polar surface area (TPSA) is 94.7 Å². The molecular weight excluding hydrogens is 348 g/mol. The summed E-state index contributed by atoms with van der Waals surface area (Å²) in [5, 5.41) is 3.73. The molecule has 2 aliphatic heterocycles. The predicted octanol–water partition coefficient (Wildman–Crippen LogP) is 0.880. The highest BCUT2D eigenvalue weighted by Gasteiger charge is 2.39. The van der Waals surface area contributed by atoms with Crippen LogP contribution in [-0.4, -0.2) is 71.5 Å². The van der Waals surface area contributed by atoms with Gasteiger partial charge in [0.2, 0.25) is 5.91 Å². The molecule has 4 amide bonds. The van der Waals surface area contributed by atoms with Crippen LogP contribution in [0.4, 0.5) is 4.79 Å². The monoisotopic (exact) mass is 370 g/mol. The van der Waals surface area contributed by atoms with Crippen LogP contribution in [0.2, 0.25) is 0 Å². The number of carbonyl (C=O) groups is 3. The molecule has 8 heteroatoms. The number of nitrogens with zero attached hydrogens (tertiary/aromatic N) is 2. The van der Waals surface area contributed by atoms with Crippen LogP contribution in [0, 0.1) is 0 Å². The number of ether oxygens (including phenoxy) is 1. The molecule has 0 aliphatic carbocycles. The molecule has 142 valence electrons. The van der Waals surface area contributed by atoms with Gasteiger partial charge in [0.1, 0.15) is 6.04 Å². The van der Waals surface area contributed by atoms with Crippen molar-refractivity contribution in [2.45, 2.75) is 18.9 Å². The Labute approximate surface area is 156 Å². The first kappa shape index (κ1) is 17.5. The van der Waals surface area contributed by atoms with Crippen molar-refractivity contribution < 1.29 is 19.1 Å². The number of urea groups is 1. The van der Waals surface area contributed by atoms with Crippen molar-refractivity contribution in [3.05, 3.63) is 36.0 Å². The quantitative estimate of drug-likeness (QED) is 0.764. The summed E-state index contributed by atoms with van der Waals surface area (Å²) in [5.41, 5.74) is 2.08. The Hall–Kier alpha value is -2.87. The van der Waals surface area contributed by atoms with Gasteiger partial charge in [-0.3, -0.25) is 14.5 Å². The number of hydrogen-bond donors (Lipinski definition) is 2. The number of nitrogens with one attached hydrogen (secondary N) is 2. The largest absolute Gasteiger partial charge is 0.378 e. The van der Waals surface area contributed by atoms with Crippen LogP contribution in [0.1, 0.15) is 12.0 Å². The van der Waals surface area contributed by atoms with E-state index in [2.05, 4.69) is 10.3 Å². The SMILES string of the molecule is O=C(C[C@H]1NC(=O)N(CCc2c[nH]c3ccccc23)C1=O)N1CCOCC1. The predicted molar refractivity (Wildman–Crippen MR) is 98.1 cm³/mol. The Balaban J connectivity index is 1.37. The third kappa shape index (κ3) is 3.52. The molecule has 1 aromatic carbocycles. The van der Waals surface area contributed by atoms with Gasteiger partial charge < -0.3 is 19.9 Å². The van der Waals surface area contributed by atoms with E-state index in [0.717, 1.165) is 16.5 Å². The number of rotatable bonds is 5. The van der Waals surface area contributed by atoms with E-state index in [4.69, 9.17) is 4.74 Å². The second-order valence-electron chi connectivity index (χ2n) is 6.80. The summed E-state index contributed by atoms with van der Waals surface area (Å²) in [4.78, 5) is 43.2. The minimum atomic E-state index is -0.782. The number of hydrogen-bond acceptors (Lipinski definition) is 4. The van der Waals surface area contributed by atoms with Gasteiger partial charge in [-0.05, 0) is 18.1 Å². The standard InChI is InChI=1S/C19H22N4O4/c24-17(22-7-9-27-10-8-22)11-16-18(25)23(19(26)21-16)6-5-13-12-20-15-4-2-1-3-14(13)15/h1-4,12,16,20H,5-11H2,(H,21,26)/t16-/m1/s1. The molecule has 2 saturated heterocycles. The van der Waals surface area contributed by atoms with Crippen molar-refractivity contribution in [2.24, 2.45) is 0 Å². The van der Waals surface area contributed by atoms with Crippen molar-refractivity contribution >= 4 is 28.7 Å². The summed E-state index contributed by atoms with van der Waals surface area (Å²) < 4.78 is 5.23. The fourth-order valence-corrected chi connectivity index (χ4v) is 3.61. The molecule has 0 radical (unpaired) electrons. The van der Waals surface area contributed by atoms with E-state index >= 15 is 0 Å². The smallest absolute Gasteiger partial charge is 0.324 e. The minimum absolute atomic E-state index is 0.00579. The van der Waals surface area contributed by atoms with E-state index in [1.807, 2.05) is 30.5 Å². The second-order valence-corrected chi connectivity index (χ2v) is 6.80. The van der Waals surface area contributed by atoms with Gasteiger partial charge in [-0.25, -0.2) is 4.79 Å². The van der Waals surface area contributed by atoms with Gasteiger partial charge in [0, 0.05) is 36.7 Å². The maximum Gasteiger partial charge on any atom is 0.324 e. The molecule has 0 saturated carbocycles. The minimum Gasteiger partial charge on any atom is -0.378 e. The van der Waals surface area contributed by atoms with Crippen molar-refractivity contribution in [3.63, 3.8) is 0 Å². The lowest BCUT2D eigenvalue weighted by atomic mass is 10.1. The molecule has 2 aromatic rings. The lowest BCUT2D eigenvalue weighted by Crippen LogP contribution is -2.44. The van der Waals surface area contributed by atoms with Crippen LogP contribution in [-0.2, 0) is 20.7 Å². The highest BCUT2D eigenvalue weighted by Crippen LogP contribution is 2.19. The Morgan fingerprint density at radius 2 is 1.96 bits per heavy atom. The number of H-pyrrole nitrogens is 1. The summed E-state index contributed by atoms with van der Waals surface area (Å²) in [6.45, 7) is 2.35. The van der Waals surface area contributed by atoms with Gasteiger partial charge in [-0.2, -0.15) is 0 Å². The van der Waals surface area contributed by atoms with Crippen LogP contribution < -0.4 is 5.32 Å². The summed E-state index contributed by atoms with van der Waals surface area (Å²) >= 11 is 0. The number of aromatic amines is 1. The van der Waals surface area contributed by atoms with Gasteiger partial charge in [0.05, 0.1) is 19.6 Å². The van der Waals surface area contributed by atoms with Crippen molar-refractivity contribution in [2.75, 3.05) is 32.8 Å². The first-order valence-electron chi connectivity index (χ1n) is 9.16. The Morgan fingerprint density at radius 3 is 2.78 bits per heavy atom. The van der Waals surface area contributed by atoms with Crippen molar-refractivity contribution in [1.82, 2.24) is 20.1 Å². The molecule has 0 spiro atoms. The third-order valence-electron chi connectivity index (χ3n) is 5.13. The Morgan fingerprint density at radius 1 is 1.19 bits per heavy atom. The molecule has 1 atom stereocenters. The fourth-order valence-electron chi connectivity index (χ4n) is 3.61. The maximum atomic E-state index is 12.6. The molecule has 2 fully saturated rings. The van der Waals surface area contributed by atoms with Crippen LogP contribution >= 0.6 is 0 Å². The third-order valence-corrected chi connectivity index (χ3v) is 5.13. The molecule has 4 rings (SSSR count). The molecule has 8 nitrogen and oxygen atoms in total. The number of fused-ring (bicyclic) bond motifs is 1. The molecular formula is C19H22N4O4. The molecule has 0 unspecified atom stereocenters. The van der Waals surface area contributed by atoms with E-state index < -0.39 is 12.1 Å². The first-order chi connectivity index (χ1) is 13.1. The zero-order valence-corrected chi connectivity index (χ0v) is 14.9. The normalized spacial score (nSPS) is 20.4. The number of benzene rings is 1. The van der Waals surface area contributed by atoms with Crippen LogP contribution in [0.25, 0.3) is 10.9 Å². The van der Waals surface area contributed by atoms with Gasteiger partial charge in [-0.15, -0.1) is 0 Å². The number of morpholine rings is 1. The zero-order valence-electron chi connectivity index (χ0n) is 14.9. The van der Waals surface area contributed by atoms with E-state index in [9.17, 15) is 14.4 Å². The number of para-hydroxylation sites is 1. The van der Waals surface area contributed by atoms with Crippen LogP contribution in [0.3, 0.4) is 0 Å². The van der Waals surface area contributed by atoms with Gasteiger partial charge in [0.15, 0.2) is 0 Å². The average Bonchev–Trinajstić information content (AvgIpc) is 3.22. The molecule has 2 aliphatic rings. The molecule has 2 N–H and O–H groups in total. The maximum absolute atomic E-state index is 12.6. The average molecular weight is 370 g/mol. The van der Waals surface area contributed by atoms with Crippen LogP contribution in [0.15, 0.2) is 30.5 Å². The van der Waals surface area contributed by atoms with Gasteiger partial charge >= 0.3 is 6.03 Å². The number of imide groups is 1. The molecule has 27 heavy (non-hydrogen) atoms. The number of aromatic nitrogens is 1. The lowest BCUT2D eigenvalue weighted by molar-refractivity contribution is -0.138. The van der Waals surface area contributed by atoms with Gasteiger partial charge in [-0.1, -0.05) is 18.2 Å². The van der Waals surface area contributed by atoms with E-state index in [1.54, 1.807) is 4.90 Å².